The van der Waals surface area contributed by atoms with Crippen LogP contribution in [0.15, 0.2) is 18.7 Å². The number of hydrogen-bond donors (Lipinski definition) is 2. The molecule has 0 aliphatic carbocycles. The SMILES string of the molecule is CCCC(CC(=O)NCCCCCCO)n1ccnc1. The first-order valence-corrected chi connectivity index (χ1v) is 7.63. The Morgan fingerprint density at radius 2 is 2.15 bits per heavy atom. The zero-order chi connectivity index (χ0) is 14.6. The van der Waals surface area contributed by atoms with E-state index in [1.807, 2.05) is 10.8 Å². The third kappa shape index (κ3) is 6.70. The van der Waals surface area contributed by atoms with Gasteiger partial charge in [-0.25, -0.2) is 4.98 Å². The summed E-state index contributed by atoms with van der Waals surface area (Å²) in [6, 6.07) is 0.205. The Hall–Kier alpha value is -1.36. The molecular formula is C15H27N3O2. The molecule has 0 aromatic carbocycles. The zero-order valence-electron chi connectivity index (χ0n) is 12.4. The highest BCUT2D eigenvalue weighted by Crippen LogP contribution is 2.17. The summed E-state index contributed by atoms with van der Waals surface area (Å²) in [7, 11) is 0. The standard InChI is InChI=1S/C15H27N3O2/c1-2-7-14(18-10-9-16-13-18)12-15(20)17-8-5-3-4-6-11-19/h9-10,13-14,19H,2-8,11-12H2,1H3,(H,17,20). The Morgan fingerprint density at radius 3 is 2.80 bits per heavy atom. The summed E-state index contributed by atoms with van der Waals surface area (Å²) in [4.78, 5) is 16.0. The van der Waals surface area contributed by atoms with Crippen LogP contribution >= 0.6 is 0 Å². The van der Waals surface area contributed by atoms with E-state index in [2.05, 4.69) is 17.2 Å². The van der Waals surface area contributed by atoms with Crippen molar-refractivity contribution in [3.63, 3.8) is 0 Å². The molecule has 1 heterocycles. The molecule has 1 aromatic rings. The summed E-state index contributed by atoms with van der Waals surface area (Å²) in [5.41, 5.74) is 0. The molecule has 2 N–H and O–H groups in total. The molecule has 0 fully saturated rings. The van der Waals surface area contributed by atoms with Gasteiger partial charge in [0.15, 0.2) is 0 Å². The molecule has 1 aromatic heterocycles. The third-order valence-corrected chi connectivity index (χ3v) is 3.40. The number of hydrogen-bond acceptors (Lipinski definition) is 3. The number of aromatic nitrogens is 2. The van der Waals surface area contributed by atoms with Crippen molar-refractivity contribution in [3.8, 4) is 0 Å². The van der Waals surface area contributed by atoms with Gasteiger partial charge < -0.3 is 15.0 Å². The minimum Gasteiger partial charge on any atom is -0.396 e. The van der Waals surface area contributed by atoms with Crippen LogP contribution in [0.25, 0.3) is 0 Å². The highest BCUT2D eigenvalue weighted by atomic mass is 16.2. The van der Waals surface area contributed by atoms with Crippen molar-refractivity contribution >= 4 is 5.91 Å². The second-order valence-corrected chi connectivity index (χ2v) is 5.14. The van der Waals surface area contributed by atoms with Gasteiger partial charge >= 0.3 is 0 Å². The Kier molecular flexibility index (Phi) is 8.71. The van der Waals surface area contributed by atoms with Crippen molar-refractivity contribution in [1.29, 1.82) is 0 Å². The molecule has 0 aliphatic rings. The maximum atomic E-state index is 11.9. The van der Waals surface area contributed by atoms with Crippen LogP contribution in [0.2, 0.25) is 0 Å². The van der Waals surface area contributed by atoms with Crippen molar-refractivity contribution in [2.24, 2.45) is 0 Å². The fraction of sp³-hybridized carbons (Fsp3) is 0.733. The summed E-state index contributed by atoms with van der Waals surface area (Å²) in [6.45, 7) is 3.12. The van der Waals surface area contributed by atoms with Crippen LogP contribution in [0.1, 0.15) is 57.9 Å². The summed E-state index contributed by atoms with van der Waals surface area (Å²) in [5, 5.41) is 11.6. The van der Waals surface area contributed by atoms with Gasteiger partial charge in [-0.05, 0) is 19.3 Å². The molecule has 114 valence electrons. The number of unbranched alkanes of at least 4 members (excludes halogenated alkanes) is 3. The lowest BCUT2D eigenvalue weighted by molar-refractivity contribution is -0.121. The largest absolute Gasteiger partial charge is 0.396 e. The molecule has 0 radical (unpaired) electrons. The average Bonchev–Trinajstić information content (AvgIpc) is 2.96. The van der Waals surface area contributed by atoms with E-state index >= 15 is 0 Å². The molecule has 5 heteroatoms. The van der Waals surface area contributed by atoms with E-state index in [1.54, 1.807) is 12.5 Å². The molecule has 1 atom stereocenters. The van der Waals surface area contributed by atoms with Crippen LogP contribution in [0.3, 0.4) is 0 Å². The second-order valence-electron chi connectivity index (χ2n) is 5.14. The molecule has 0 saturated carbocycles. The number of rotatable bonds is 11. The first kappa shape index (κ1) is 16.7. The summed E-state index contributed by atoms with van der Waals surface area (Å²) < 4.78 is 2.02. The number of carbonyl (C=O) groups is 1. The van der Waals surface area contributed by atoms with Crippen molar-refractivity contribution in [3.05, 3.63) is 18.7 Å². The van der Waals surface area contributed by atoms with Crippen LogP contribution in [0.5, 0.6) is 0 Å². The molecular weight excluding hydrogens is 254 g/mol. The number of amides is 1. The van der Waals surface area contributed by atoms with E-state index in [9.17, 15) is 4.79 Å². The number of aliphatic hydroxyl groups excluding tert-OH is 1. The molecule has 0 saturated heterocycles. The third-order valence-electron chi connectivity index (χ3n) is 3.40. The minimum absolute atomic E-state index is 0.110. The predicted molar refractivity (Wildman–Crippen MR) is 79.4 cm³/mol. The lowest BCUT2D eigenvalue weighted by atomic mass is 10.1. The van der Waals surface area contributed by atoms with Crippen LogP contribution in [0, 0.1) is 0 Å². The molecule has 1 rings (SSSR count). The van der Waals surface area contributed by atoms with E-state index in [-0.39, 0.29) is 18.6 Å². The molecule has 0 bridgehead atoms. The van der Waals surface area contributed by atoms with Gasteiger partial charge in [0.1, 0.15) is 0 Å². The Bertz CT molecular complexity index is 352. The molecule has 20 heavy (non-hydrogen) atoms. The lowest BCUT2D eigenvalue weighted by Crippen LogP contribution is -2.27. The van der Waals surface area contributed by atoms with Crippen molar-refractivity contribution in [2.45, 2.75) is 57.9 Å². The zero-order valence-corrected chi connectivity index (χ0v) is 12.4. The molecule has 5 nitrogen and oxygen atoms in total. The van der Waals surface area contributed by atoms with Crippen molar-refractivity contribution in [1.82, 2.24) is 14.9 Å². The van der Waals surface area contributed by atoms with E-state index < -0.39 is 0 Å². The number of imidazole rings is 1. The lowest BCUT2D eigenvalue weighted by Gasteiger charge is -2.17. The van der Waals surface area contributed by atoms with Gasteiger partial charge in [0, 0.05) is 38.0 Å². The Balaban J connectivity index is 2.22. The van der Waals surface area contributed by atoms with E-state index in [0.29, 0.717) is 6.42 Å². The maximum Gasteiger partial charge on any atom is 0.222 e. The minimum atomic E-state index is 0.110. The van der Waals surface area contributed by atoms with E-state index in [4.69, 9.17) is 5.11 Å². The fourth-order valence-corrected chi connectivity index (χ4v) is 2.28. The fourth-order valence-electron chi connectivity index (χ4n) is 2.28. The van der Waals surface area contributed by atoms with Gasteiger partial charge in [-0.15, -0.1) is 0 Å². The average molecular weight is 281 g/mol. The van der Waals surface area contributed by atoms with Gasteiger partial charge in [0.05, 0.1) is 6.33 Å². The van der Waals surface area contributed by atoms with E-state index in [0.717, 1.165) is 45.1 Å². The Morgan fingerprint density at radius 1 is 1.35 bits per heavy atom. The number of carbonyl (C=O) groups excluding carboxylic acids is 1. The highest BCUT2D eigenvalue weighted by Gasteiger charge is 2.14. The van der Waals surface area contributed by atoms with Crippen LogP contribution < -0.4 is 5.32 Å². The predicted octanol–water partition coefficient (Wildman–Crippen LogP) is 2.28. The monoisotopic (exact) mass is 281 g/mol. The summed E-state index contributed by atoms with van der Waals surface area (Å²) in [6.07, 6.45) is 11.9. The van der Waals surface area contributed by atoms with Gasteiger partial charge in [0.2, 0.25) is 5.91 Å². The molecule has 1 amide bonds. The topological polar surface area (TPSA) is 67.2 Å². The molecule has 1 unspecified atom stereocenters. The summed E-state index contributed by atoms with van der Waals surface area (Å²) in [5.74, 6) is 0.110. The summed E-state index contributed by atoms with van der Waals surface area (Å²) >= 11 is 0. The van der Waals surface area contributed by atoms with Crippen molar-refractivity contribution in [2.75, 3.05) is 13.2 Å². The van der Waals surface area contributed by atoms with Gasteiger partial charge in [0.25, 0.3) is 0 Å². The van der Waals surface area contributed by atoms with E-state index in [1.165, 1.54) is 0 Å². The first-order chi connectivity index (χ1) is 9.77. The van der Waals surface area contributed by atoms with Crippen LogP contribution in [-0.4, -0.2) is 33.7 Å². The van der Waals surface area contributed by atoms with Crippen LogP contribution in [-0.2, 0) is 4.79 Å². The second kappa shape index (κ2) is 10.4. The quantitative estimate of drug-likeness (QED) is 0.611. The van der Waals surface area contributed by atoms with Gasteiger partial charge in [-0.2, -0.15) is 0 Å². The van der Waals surface area contributed by atoms with Crippen LogP contribution in [0.4, 0.5) is 0 Å². The smallest absolute Gasteiger partial charge is 0.222 e. The normalized spacial score (nSPS) is 12.3. The van der Waals surface area contributed by atoms with Gasteiger partial charge in [-0.3, -0.25) is 4.79 Å². The molecule has 0 aliphatic heterocycles. The van der Waals surface area contributed by atoms with Gasteiger partial charge in [-0.1, -0.05) is 26.2 Å². The number of aliphatic hydroxyl groups is 1. The number of nitrogens with zero attached hydrogens (tertiary/aromatic N) is 2. The number of nitrogens with one attached hydrogen (secondary N) is 1. The molecule has 0 spiro atoms. The maximum absolute atomic E-state index is 11.9. The Labute approximate surface area is 121 Å². The first-order valence-electron chi connectivity index (χ1n) is 7.63. The highest BCUT2D eigenvalue weighted by molar-refractivity contribution is 5.76. The van der Waals surface area contributed by atoms with Crippen molar-refractivity contribution < 1.29 is 9.90 Å².